The van der Waals surface area contributed by atoms with E-state index in [0.29, 0.717) is 11.0 Å². The van der Waals surface area contributed by atoms with Gasteiger partial charge in [-0.3, -0.25) is 9.59 Å². The Morgan fingerprint density at radius 3 is 2.70 bits per heavy atom. The molecule has 2 rings (SSSR count). The second kappa shape index (κ2) is 6.65. The third-order valence-electron chi connectivity index (χ3n) is 2.72. The molecule has 1 aliphatic rings. The second-order valence-corrected chi connectivity index (χ2v) is 6.48. The average Bonchev–Trinajstić information content (AvgIpc) is 2.43. The number of amides is 2. The molecule has 1 aromatic rings. The molecular formula is C14H18N2O3S. The zero-order valence-corrected chi connectivity index (χ0v) is 12.3. The molecule has 1 heterocycles. The molecule has 2 N–H and O–H groups in total. The van der Waals surface area contributed by atoms with Gasteiger partial charge >= 0.3 is 0 Å². The molecule has 1 saturated heterocycles. The van der Waals surface area contributed by atoms with Gasteiger partial charge in [0.1, 0.15) is 17.2 Å². The number of carbonyl (C=O) groups is 2. The van der Waals surface area contributed by atoms with Gasteiger partial charge in [0, 0.05) is 5.25 Å². The minimum Gasteiger partial charge on any atom is -0.484 e. The van der Waals surface area contributed by atoms with Crippen LogP contribution in [-0.2, 0) is 9.59 Å². The van der Waals surface area contributed by atoms with E-state index in [1.807, 2.05) is 32.0 Å². The van der Waals surface area contributed by atoms with Crippen molar-refractivity contribution in [3.05, 3.63) is 30.3 Å². The third-order valence-corrected chi connectivity index (χ3v) is 3.95. The van der Waals surface area contributed by atoms with Gasteiger partial charge in [0.2, 0.25) is 5.91 Å². The number of thioether (sulfide) groups is 1. The van der Waals surface area contributed by atoms with Crippen LogP contribution in [0.1, 0.15) is 13.8 Å². The van der Waals surface area contributed by atoms with Gasteiger partial charge in [0.05, 0.1) is 0 Å². The Hall–Kier alpha value is -1.69. The summed E-state index contributed by atoms with van der Waals surface area (Å²) in [6, 6.07) is 8.64. The van der Waals surface area contributed by atoms with Crippen LogP contribution in [0.4, 0.5) is 0 Å². The van der Waals surface area contributed by atoms with Gasteiger partial charge in [-0.1, -0.05) is 32.0 Å². The predicted molar refractivity (Wildman–Crippen MR) is 78.5 cm³/mol. The lowest BCUT2D eigenvalue weighted by Gasteiger charge is -2.37. The molecule has 0 spiro atoms. The quantitative estimate of drug-likeness (QED) is 0.772. The van der Waals surface area contributed by atoms with E-state index >= 15 is 0 Å². The lowest BCUT2D eigenvalue weighted by molar-refractivity contribution is -0.134. The topological polar surface area (TPSA) is 67.4 Å². The van der Waals surface area contributed by atoms with E-state index in [-0.39, 0.29) is 23.8 Å². The van der Waals surface area contributed by atoms with E-state index in [1.165, 1.54) is 0 Å². The molecular weight excluding hydrogens is 276 g/mol. The first-order chi connectivity index (χ1) is 9.56. The van der Waals surface area contributed by atoms with Crippen molar-refractivity contribution >= 4 is 23.6 Å². The van der Waals surface area contributed by atoms with Crippen molar-refractivity contribution in [1.29, 1.82) is 0 Å². The molecule has 5 nitrogen and oxygen atoms in total. The number of β-lactam (4-membered cyclic amide) rings is 1. The van der Waals surface area contributed by atoms with Crippen LogP contribution in [0.5, 0.6) is 5.75 Å². The van der Waals surface area contributed by atoms with Crippen molar-refractivity contribution in [3.8, 4) is 5.75 Å². The fraction of sp³-hybridized carbons (Fsp3) is 0.429. The van der Waals surface area contributed by atoms with E-state index in [2.05, 4.69) is 10.6 Å². The number of benzene rings is 1. The second-order valence-electron chi connectivity index (χ2n) is 4.76. The number of hydrogen-bond acceptors (Lipinski definition) is 4. The van der Waals surface area contributed by atoms with Gasteiger partial charge in [-0.05, 0) is 12.1 Å². The molecule has 1 aromatic carbocycles. The Morgan fingerprint density at radius 1 is 1.40 bits per heavy atom. The summed E-state index contributed by atoms with van der Waals surface area (Å²) in [6.07, 6.45) is 0. The molecule has 0 bridgehead atoms. The summed E-state index contributed by atoms with van der Waals surface area (Å²) < 4.78 is 5.34. The van der Waals surface area contributed by atoms with E-state index in [4.69, 9.17) is 4.74 Å². The maximum absolute atomic E-state index is 11.8. The first-order valence-corrected chi connectivity index (χ1v) is 7.43. The van der Waals surface area contributed by atoms with E-state index < -0.39 is 6.04 Å². The Labute approximate surface area is 122 Å². The molecule has 0 radical (unpaired) electrons. The van der Waals surface area contributed by atoms with Gasteiger partial charge in [-0.15, -0.1) is 11.8 Å². The van der Waals surface area contributed by atoms with Crippen molar-refractivity contribution in [2.45, 2.75) is 30.5 Å². The van der Waals surface area contributed by atoms with Crippen molar-refractivity contribution in [1.82, 2.24) is 10.6 Å². The third kappa shape index (κ3) is 3.90. The molecule has 0 saturated carbocycles. The monoisotopic (exact) mass is 294 g/mol. The summed E-state index contributed by atoms with van der Waals surface area (Å²) in [7, 11) is 0. The molecule has 0 aliphatic carbocycles. The van der Waals surface area contributed by atoms with Crippen LogP contribution in [-0.4, -0.2) is 35.1 Å². The van der Waals surface area contributed by atoms with Crippen LogP contribution in [0.25, 0.3) is 0 Å². The first-order valence-electron chi connectivity index (χ1n) is 6.49. The van der Waals surface area contributed by atoms with Crippen LogP contribution < -0.4 is 15.4 Å². The van der Waals surface area contributed by atoms with E-state index in [0.717, 1.165) is 0 Å². The average molecular weight is 294 g/mol. The summed E-state index contributed by atoms with van der Waals surface area (Å²) in [6.45, 7) is 4.01. The zero-order valence-electron chi connectivity index (χ0n) is 11.5. The molecule has 2 unspecified atom stereocenters. The Kier molecular flexibility index (Phi) is 4.89. The highest BCUT2D eigenvalue weighted by Gasteiger charge is 2.41. The predicted octanol–water partition coefficient (Wildman–Crippen LogP) is 1.15. The van der Waals surface area contributed by atoms with Crippen LogP contribution >= 0.6 is 11.8 Å². The van der Waals surface area contributed by atoms with Crippen molar-refractivity contribution in [2.24, 2.45) is 0 Å². The summed E-state index contributed by atoms with van der Waals surface area (Å²) in [5.74, 6) is 0.202. The van der Waals surface area contributed by atoms with Crippen molar-refractivity contribution in [2.75, 3.05) is 6.61 Å². The van der Waals surface area contributed by atoms with Crippen LogP contribution in [0, 0.1) is 0 Å². The molecule has 2 atom stereocenters. The SMILES string of the molecule is CC(C)SC1NC(=O)C1NC(=O)COc1ccccc1. The maximum Gasteiger partial charge on any atom is 0.258 e. The van der Waals surface area contributed by atoms with E-state index in [9.17, 15) is 9.59 Å². The number of carbonyl (C=O) groups excluding carboxylic acids is 2. The fourth-order valence-electron chi connectivity index (χ4n) is 1.78. The van der Waals surface area contributed by atoms with Crippen LogP contribution in [0.3, 0.4) is 0 Å². The molecule has 108 valence electrons. The van der Waals surface area contributed by atoms with Gasteiger partial charge in [0.25, 0.3) is 5.91 Å². The van der Waals surface area contributed by atoms with Gasteiger partial charge in [-0.25, -0.2) is 0 Å². The van der Waals surface area contributed by atoms with Crippen molar-refractivity contribution in [3.63, 3.8) is 0 Å². The maximum atomic E-state index is 11.8. The number of hydrogen-bond donors (Lipinski definition) is 2. The van der Waals surface area contributed by atoms with Crippen molar-refractivity contribution < 1.29 is 14.3 Å². The highest BCUT2D eigenvalue weighted by Crippen LogP contribution is 2.23. The molecule has 0 aromatic heterocycles. The van der Waals surface area contributed by atoms with Gasteiger partial charge in [0.15, 0.2) is 6.61 Å². The normalized spacial score (nSPS) is 21.1. The van der Waals surface area contributed by atoms with Crippen LogP contribution in [0.15, 0.2) is 30.3 Å². The number of rotatable bonds is 6. The summed E-state index contributed by atoms with van der Waals surface area (Å²) in [4.78, 5) is 23.2. The minimum absolute atomic E-state index is 0.0526. The number of ether oxygens (including phenoxy) is 1. The molecule has 20 heavy (non-hydrogen) atoms. The highest BCUT2D eigenvalue weighted by atomic mass is 32.2. The van der Waals surface area contributed by atoms with Gasteiger partial charge in [-0.2, -0.15) is 0 Å². The zero-order chi connectivity index (χ0) is 14.5. The Balaban J connectivity index is 1.77. The summed E-state index contributed by atoms with van der Waals surface area (Å²) >= 11 is 1.62. The largest absolute Gasteiger partial charge is 0.484 e. The fourth-order valence-corrected chi connectivity index (χ4v) is 2.90. The lowest BCUT2D eigenvalue weighted by atomic mass is 10.1. The highest BCUT2D eigenvalue weighted by molar-refractivity contribution is 8.00. The van der Waals surface area contributed by atoms with Gasteiger partial charge < -0.3 is 15.4 Å². The summed E-state index contributed by atoms with van der Waals surface area (Å²) in [5, 5.41) is 5.80. The minimum atomic E-state index is -0.464. The Bertz CT molecular complexity index is 479. The first kappa shape index (κ1) is 14.7. The summed E-state index contributed by atoms with van der Waals surface area (Å²) in [5.41, 5.74) is 0. The van der Waals surface area contributed by atoms with Crippen LogP contribution in [0.2, 0.25) is 0 Å². The number of para-hydroxylation sites is 1. The molecule has 1 aliphatic heterocycles. The number of nitrogens with one attached hydrogen (secondary N) is 2. The standard InChI is InChI=1S/C14H18N2O3S/c1-9(2)20-14-12(13(18)16-14)15-11(17)8-19-10-6-4-3-5-7-10/h3-7,9,12,14H,8H2,1-2H3,(H,15,17)(H,16,18). The van der Waals surface area contributed by atoms with E-state index in [1.54, 1.807) is 23.9 Å². The molecule has 1 fully saturated rings. The molecule has 2 amide bonds. The smallest absolute Gasteiger partial charge is 0.258 e. The Morgan fingerprint density at radius 2 is 2.10 bits per heavy atom. The lowest BCUT2D eigenvalue weighted by Crippen LogP contribution is -2.68. The molecule has 6 heteroatoms.